The van der Waals surface area contributed by atoms with Crippen molar-refractivity contribution in [2.24, 2.45) is 11.5 Å². The maximum absolute atomic E-state index is 14.0. The summed E-state index contributed by atoms with van der Waals surface area (Å²) in [7, 11) is 0. The molecule has 1 saturated heterocycles. The lowest BCUT2D eigenvalue weighted by Crippen LogP contribution is -2.32. The zero-order valence-corrected chi connectivity index (χ0v) is 18.4. The summed E-state index contributed by atoms with van der Waals surface area (Å²) in [6.45, 7) is 1.78. The number of nitrogens with two attached hydrogens (primary N) is 2. The van der Waals surface area contributed by atoms with Gasteiger partial charge in [0, 0.05) is 30.8 Å². The van der Waals surface area contributed by atoms with Crippen molar-refractivity contribution < 1.29 is 27.9 Å². The van der Waals surface area contributed by atoms with E-state index in [9.17, 15) is 23.2 Å². The Balaban J connectivity index is 1.55. The minimum atomic E-state index is -0.893. The van der Waals surface area contributed by atoms with Gasteiger partial charge in [-0.25, -0.2) is 13.6 Å². The summed E-state index contributed by atoms with van der Waals surface area (Å²) in [6, 6.07) is 2.97. The number of nitrogens with zero attached hydrogens (tertiary/aromatic N) is 2. The normalized spacial score (nSPS) is 15.9. The molecule has 33 heavy (non-hydrogen) atoms. The van der Waals surface area contributed by atoms with Crippen molar-refractivity contribution in [3.63, 3.8) is 0 Å². The van der Waals surface area contributed by atoms with E-state index in [0.29, 0.717) is 39.0 Å². The molecule has 13 heteroatoms. The van der Waals surface area contributed by atoms with Gasteiger partial charge in [0.2, 0.25) is 11.8 Å². The molecule has 1 aliphatic heterocycles. The van der Waals surface area contributed by atoms with Crippen LogP contribution in [0.2, 0.25) is 0 Å². The standard InChI is InChI=1S/C20H24F2N6O4S/c21-13-4-7-28(9-13)6-1-5-25-20(31)26-19-15(17(24)30)18(27-33-19)32-10-12-8-11(16(23)29)2-3-14(12)22/h2-3,8,13H,1,4-7,9-10H2,(H2,23,29)(H2,24,30)(H2,25,26,31)/t13-/m0/s1. The zero-order valence-electron chi connectivity index (χ0n) is 17.6. The van der Waals surface area contributed by atoms with Crippen molar-refractivity contribution in [3.05, 3.63) is 40.7 Å². The first-order chi connectivity index (χ1) is 15.7. The molecule has 0 bridgehead atoms. The maximum Gasteiger partial charge on any atom is 0.319 e. The molecule has 0 saturated carbocycles. The second-order valence-corrected chi connectivity index (χ2v) is 8.21. The van der Waals surface area contributed by atoms with Crippen molar-refractivity contribution in [1.82, 2.24) is 14.6 Å². The number of carbonyl (C=O) groups excluding carboxylic acids is 3. The van der Waals surface area contributed by atoms with Crippen LogP contribution in [-0.4, -0.2) is 59.5 Å². The predicted octanol–water partition coefficient (Wildman–Crippen LogP) is 1.61. The fourth-order valence-electron chi connectivity index (χ4n) is 3.30. The molecule has 4 amide bonds. The Morgan fingerprint density at radius 3 is 2.73 bits per heavy atom. The lowest BCUT2D eigenvalue weighted by atomic mass is 10.1. The van der Waals surface area contributed by atoms with Gasteiger partial charge in [-0.1, -0.05) is 0 Å². The first-order valence-electron chi connectivity index (χ1n) is 10.2. The summed E-state index contributed by atoms with van der Waals surface area (Å²) >= 11 is 0.775. The number of ether oxygens (including phenoxy) is 1. The molecule has 1 fully saturated rings. The average molecular weight is 483 g/mol. The van der Waals surface area contributed by atoms with E-state index in [0.717, 1.165) is 17.6 Å². The smallest absolute Gasteiger partial charge is 0.319 e. The van der Waals surface area contributed by atoms with Gasteiger partial charge in [0.15, 0.2) is 0 Å². The highest BCUT2D eigenvalue weighted by Gasteiger charge is 2.23. The van der Waals surface area contributed by atoms with Crippen LogP contribution in [0.15, 0.2) is 18.2 Å². The van der Waals surface area contributed by atoms with Crippen LogP contribution in [0, 0.1) is 5.82 Å². The van der Waals surface area contributed by atoms with Crippen molar-refractivity contribution in [2.45, 2.75) is 25.6 Å². The molecule has 178 valence electrons. The fourth-order valence-corrected chi connectivity index (χ4v) is 4.04. The summed E-state index contributed by atoms with van der Waals surface area (Å²) in [5.41, 5.74) is 10.6. The monoisotopic (exact) mass is 482 g/mol. The first-order valence-corrected chi connectivity index (χ1v) is 10.9. The van der Waals surface area contributed by atoms with Gasteiger partial charge in [0.25, 0.3) is 5.91 Å². The van der Waals surface area contributed by atoms with Gasteiger partial charge < -0.3 is 26.4 Å². The van der Waals surface area contributed by atoms with Gasteiger partial charge in [-0.05, 0) is 49.1 Å². The fraction of sp³-hybridized carbons (Fsp3) is 0.400. The van der Waals surface area contributed by atoms with E-state index in [-0.39, 0.29) is 34.2 Å². The Kier molecular flexibility index (Phi) is 8.11. The molecular weight excluding hydrogens is 458 g/mol. The summed E-state index contributed by atoms with van der Waals surface area (Å²) in [4.78, 5) is 37.3. The number of primary amides is 2. The number of hydrogen-bond donors (Lipinski definition) is 4. The third-order valence-corrected chi connectivity index (χ3v) is 5.73. The number of halogens is 2. The lowest BCUT2D eigenvalue weighted by molar-refractivity contribution is 0.0990. The molecule has 10 nitrogen and oxygen atoms in total. The van der Waals surface area contributed by atoms with Gasteiger partial charge in [0.05, 0.1) is 0 Å². The molecule has 0 aliphatic carbocycles. The summed E-state index contributed by atoms with van der Waals surface area (Å²) in [5, 5.41) is 5.21. The minimum Gasteiger partial charge on any atom is -0.471 e. The number of aromatic nitrogens is 1. The van der Waals surface area contributed by atoms with Crippen LogP contribution in [0.25, 0.3) is 0 Å². The van der Waals surface area contributed by atoms with E-state index in [2.05, 4.69) is 15.0 Å². The molecule has 0 radical (unpaired) electrons. The van der Waals surface area contributed by atoms with Crippen molar-refractivity contribution in [1.29, 1.82) is 0 Å². The van der Waals surface area contributed by atoms with Crippen LogP contribution in [0.3, 0.4) is 0 Å². The van der Waals surface area contributed by atoms with Crippen LogP contribution in [-0.2, 0) is 6.61 Å². The van der Waals surface area contributed by atoms with Gasteiger partial charge in [-0.3, -0.25) is 14.9 Å². The molecule has 3 rings (SSSR count). The minimum absolute atomic E-state index is 0.0269. The largest absolute Gasteiger partial charge is 0.471 e. The number of urea groups is 1. The molecule has 2 heterocycles. The average Bonchev–Trinajstić information content (AvgIpc) is 3.36. The van der Waals surface area contributed by atoms with E-state index in [1.165, 1.54) is 12.1 Å². The van der Waals surface area contributed by atoms with E-state index in [1.807, 2.05) is 4.90 Å². The lowest BCUT2D eigenvalue weighted by Gasteiger charge is -2.14. The van der Waals surface area contributed by atoms with Gasteiger partial charge in [-0.2, -0.15) is 4.37 Å². The quantitative estimate of drug-likeness (QED) is 0.378. The van der Waals surface area contributed by atoms with Crippen LogP contribution in [0.4, 0.5) is 18.6 Å². The molecule has 1 atom stereocenters. The highest BCUT2D eigenvalue weighted by atomic mass is 32.1. The number of rotatable bonds is 10. The van der Waals surface area contributed by atoms with Gasteiger partial charge in [-0.15, -0.1) is 0 Å². The first kappa shape index (κ1) is 24.3. The second-order valence-electron chi connectivity index (χ2n) is 7.44. The third-order valence-electron chi connectivity index (χ3n) is 4.98. The number of alkyl halides is 1. The third kappa shape index (κ3) is 6.58. The van der Waals surface area contributed by atoms with Gasteiger partial charge in [0.1, 0.15) is 29.2 Å². The zero-order chi connectivity index (χ0) is 24.0. The van der Waals surface area contributed by atoms with E-state index in [1.54, 1.807) is 0 Å². The SMILES string of the molecule is NC(=O)c1ccc(F)c(COc2nsc(NC(=O)NCCCN3CC[C@H](F)C3)c2C(N)=O)c1. The van der Waals surface area contributed by atoms with Gasteiger partial charge >= 0.3 is 6.03 Å². The molecular formula is C20H24F2N6O4S. The predicted molar refractivity (Wildman–Crippen MR) is 117 cm³/mol. The number of nitrogens with one attached hydrogen (secondary N) is 2. The summed E-state index contributed by atoms with van der Waals surface area (Å²) < 4.78 is 36.6. The van der Waals surface area contributed by atoms with E-state index in [4.69, 9.17) is 16.2 Å². The second kappa shape index (κ2) is 11.0. The Bertz CT molecular complexity index is 1030. The van der Waals surface area contributed by atoms with Crippen LogP contribution >= 0.6 is 11.5 Å². The summed E-state index contributed by atoms with van der Waals surface area (Å²) in [5.74, 6) is -2.44. The molecule has 1 aliphatic rings. The molecule has 2 aromatic rings. The Labute approximate surface area is 192 Å². The number of likely N-dealkylation sites (tertiary alicyclic amines) is 1. The maximum atomic E-state index is 14.0. The Morgan fingerprint density at radius 1 is 1.27 bits per heavy atom. The highest BCUT2D eigenvalue weighted by molar-refractivity contribution is 7.11. The van der Waals surface area contributed by atoms with Crippen LogP contribution in [0.5, 0.6) is 5.88 Å². The van der Waals surface area contributed by atoms with Crippen molar-refractivity contribution >= 4 is 34.4 Å². The number of amides is 4. The van der Waals surface area contributed by atoms with Crippen molar-refractivity contribution in [2.75, 3.05) is 31.5 Å². The number of anilines is 1. The molecule has 1 aromatic heterocycles. The number of carbonyl (C=O) groups is 3. The molecule has 1 aromatic carbocycles. The Morgan fingerprint density at radius 2 is 2.06 bits per heavy atom. The number of benzene rings is 1. The van der Waals surface area contributed by atoms with Crippen LogP contribution < -0.4 is 26.8 Å². The Hall–Kier alpha value is -3.32. The van der Waals surface area contributed by atoms with Crippen molar-refractivity contribution in [3.8, 4) is 5.88 Å². The van der Waals surface area contributed by atoms with E-state index < -0.39 is 29.8 Å². The summed E-state index contributed by atoms with van der Waals surface area (Å²) in [6.07, 6.45) is 0.373. The number of hydrogen-bond acceptors (Lipinski definition) is 7. The van der Waals surface area contributed by atoms with Crippen LogP contribution in [0.1, 0.15) is 39.1 Å². The molecule has 0 spiro atoms. The molecule has 0 unspecified atom stereocenters. The highest BCUT2D eigenvalue weighted by Crippen LogP contribution is 2.31. The molecule has 6 N–H and O–H groups in total. The topological polar surface area (TPSA) is 153 Å². The van der Waals surface area contributed by atoms with E-state index >= 15 is 0 Å².